The number of hydrogen-bond acceptors (Lipinski definition) is 2. The average molecular weight is 199 g/mol. The number of urea groups is 1. The zero-order valence-corrected chi connectivity index (χ0v) is 9.50. The van der Waals surface area contributed by atoms with E-state index in [-0.39, 0.29) is 17.6 Å². The van der Waals surface area contributed by atoms with E-state index in [2.05, 4.69) is 19.2 Å². The first-order chi connectivity index (χ1) is 6.38. The van der Waals surface area contributed by atoms with Gasteiger partial charge in [-0.3, -0.25) is 0 Å². The minimum absolute atomic E-state index is 0.0131. The van der Waals surface area contributed by atoms with Crippen LogP contribution in [-0.2, 0) is 0 Å². The van der Waals surface area contributed by atoms with Gasteiger partial charge in [-0.15, -0.1) is 0 Å². The van der Waals surface area contributed by atoms with Gasteiger partial charge in [-0.2, -0.15) is 0 Å². The molecule has 1 unspecified atom stereocenters. The number of hydrogen-bond donors (Lipinski definition) is 2. The molecule has 14 heavy (non-hydrogen) atoms. The number of rotatable bonds is 3. The van der Waals surface area contributed by atoms with Crippen molar-refractivity contribution in [3.05, 3.63) is 0 Å². The smallest absolute Gasteiger partial charge is 0.318 e. The molecule has 1 rings (SSSR count). The molecule has 4 heteroatoms. The summed E-state index contributed by atoms with van der Waals surface area (Å²) in [5, 5.41) is 2.98. The minimum Gasteiger partial charge on any atom is -0.333 e. The van der Waals surface area contributed by atoms with Gasteiger partial charge in [0.1, 0.15) is 0 Å². The Morgan fingerprint density at radius 2 is 2.21 bits per heavy atom. The first-order valence-corrected chi connectivity index (χ1v) is 5.16. The summed E-state index contributed by atoms with van der Waals surface area (Å²) < 4.78 is 0. The van der Waals surface area contributed by atoms with Gasteiger partial charge < -0.3 is 16.0 Å². The van der Waals surface area contributed by atoms with Gasteiger partial charge in [-0.1, -0.05) is 13.8 Å². The Balaban J connectivity index is 2.70. The van der Waals surface area contributed by atoms with E-state index in [1.165, 1.54) is 0 Å². The van der Waals surface area contributed by atoms with Gasteiger partial charge in [0.25, 0.3) is 0 Å². The van der Waals surface area contributed by atoms with Crippen LogP contribution in [0.25, 0.3) is 0 Å². The highest BCUT2D eigenvalue weighted by Gasteiger charge is 2.38. The fraction of sp³-hybridized carbons (Fsp3) is 0.900. The second-order valence-corrected chi connectivity index (χ2v) is 4.93. The van der Waals surface area contributed by atoms with Crippen LogP contribution in [0.1, 0.15) is 27.7 Å². The summed E-state index contributed by atoms with van der Waals surface area (Å²) >= 11 is 0. The molecule has 0 saturated carbocycles. The zero-order valence-electron chi connectivity index (χ0n) is 9.50. The summed E-state index contributed by atoms with van der Waals surface area (Å²) in [7, 11) is 0. The molecule has 82 valence electrons. The molecule has 0 radical (unpaired) electrons. The quantitative estimate of drug-likeness (QED) is 0.705. The fourth-order valence-electron chi connectivity index (χ4n) is 1.57. The number of nitrogens with zero attached hydrogens (tertiary/aromatic N) is 1. The Kier molecular flexibility index (Phi) is 3.04. The fourth-order valence-corrected chi connectivity index (χ4v) is 1.57. The molecule has 0 spiro atoms. The van der Waals surface area contributed by atoms with E-state index in [0.717, 1.165) is 6.54 Å². The molecular weight excluding hydrogens is 178 g/mol. The van der Waals surface area contributed by atoms with E-state index in [9.17, 15) is 4.79 Å². The Morgan fingerprint density at radius 3 is 2.57 bits per heavy atom. The lowest BCUT2D eigenvalue weighted by Gasteiger charge is -2.33. The number of carbonyl (C=O) groups is 1. The summed E-state index contributed by atoms with van der Waals surface area (Å²) in [5.41, 5.74) is 5.41. The second-order valence-electron chi connectivity index (χ2n) is 4.93. The van der Waals surface area contributed by atoms with Gasteiger partial charge in [0, 0.05) is 13.1 Å². The molecule has 1 fully saturated rings. The highest BCUT2D eigenvalue weighted by Crippen LogP contribution is 2.20. The molecule has 0 aromatic heterocycles. The van der Waals surface area contributed by atoms with Crippen molar-refractivity contribution in [2.45, 2.75) is 39.3 Å². The largest absolute Gasteiger partial charge is 0.333 e. The van der Waals surface area contributed by atoms with Crippen molar-refractivity contribution < 1.29 is 4.79 Å². The van der Waals surface area contributed by atoms with Crippen LogP contribution in [0.3, 0.4) is 0 Å². The molecule has 0 bridgehead atoms. The van der Waals surface area contributed by atoms with Crippen molar-refractivity contribution in [1.29, 1.82) is 0 Å². The van der Waals surface area contributed by atoms with Crippen molar-refractivity contribution in [1.82, 2.24) is 10.2 Å². The summed E-state index contributed by atoms with van der Waals surface area (Å²) in [6.07, 6.45) is 0. The predicted octanol–water partition coefficient (Wildman–Crippen LogP) is 0.774. The van der Waals surface area contributed by atoms with Crippen LogP contribution in [0.5, 0.6) is 0 Å². The number of carbonyl (C=O) groups excluding carboxylic acids is 1. The van der Waals surface area contributed by atoms with E-state index in [1.807, 2.05) is 18.7 Å². The molecule has 1 aliphatic rings. The summed E-state index contributed by atoms with van der Waals surface area (Å²) in [6.45, 7) is 9.48. The van der Waals surface area contributed by atoms with Crippen molar-refractivity contribution >= 4 is 6.03 Å². The van der Waals surface area contributed by atoms with E-state index >= 15 is 0 Å². The first-order valence-electron chi connectivity index (χ1n) is 5.16. The third-order valence-corrected chi connectivity index (χ3v) is 2.97. The predicted molar refractivity (Wildman–Crippen MR) is 57.0 cm³/mol. The highest BCUT2D eigenvalue weighted by molar-refractivity contribution is 5.77. The lowest BCUT2D eigenvalue weighted by Crippen LogP contribution is -2.50. The van der Waals surface area contributed by atoms with Crippen molar-refractivity contribution in [3.8, 4) is 0 Å². The highest BCUT2D eigenvalue weighted by atomic mass is 16.2. The first kappa shape index (κ1) is 11.3. The normalized spacial score (nSPS) is 23.1. The Hall–Kier alpha value is -0.770. The molecule has 1 saturated heterocycles. The van der Waals surface area contributed by atoms with Crippen molar-refractivity contribution in [2.24, 2.45) is 11.7 Å². The monoisotopic (exact) mass is 199 g/mol. The van der Waals surface area contributed by atoms with Crippen LogP contribution in [-0.4, -0.2) is 35.6 Å². The zero-order chi connectivity index (χ0) is 10.9. The standard InChI is InChI=1S/C10H21N3O/c1-7(2)8-5-13(9(14)12-8)10(3,4)6-11/h7-8H,5-6,11H2,1-4H3,(H,12,14). The van der Waals surface area contributed by atoms with E-state index < -0.39 is 0 Å². The SMILES string of the molecule is CC(C)C1CN(C(C)(C)CN)C(=O)N1. The molecule has 1 atom stereocenters. The molecule has 1 aliphatic heterocycles. The van der Waals surface area contributed by atoms with Gasteiger partial charge in [-0.25, -0.2) is 4.79 Å². The molecule has 2 amide bonds. The number of nitrogens with two attached hydrogens (primary N) is 1. The average Bonchev–Trinajstić information content (AvgIpc) is 2.48. The molecule has 0 aromatic carbocycles. The van der Waals surface area contributed by atoms with Crippen LogP contribution >= 0.6 is 0 Å². The van der Waals surface area contributed by atoms with Gasteiger partial charge in [-0.05, 0) is 19.8 Å². The topological polar surface area (TPSA) is 58.4 Å². The van der Waals surface area contributed by atoms with Crippen LogP contribution in [0.4, 0.5) is 4.79 Å². The van der Waals surface area contributed by atoms with Crippen LogP contribution in [0.2, 0.25) is 0 Å². The maximum absolute atomic E-state index is 11.7. The lowest BCUT2D eigenvalue weighted by atomic mass is 10.0. The maximum atomic E-state index is 11.7. The molecule has 0 aliphatic carbocycles. The number of nitrogens with one attached hydrogen (secondary N) is 1. The maximum Gasteiger partial charge on any atom is 0.318 e. The molecule has 0 aromatic rings. The van der Waals surface area contributed by atoms with Gasteiger partial charge >= 0.3 is 6.03 Å². The Morgan fingerprint density at radius 1 is 1.64 bits per heavy atom. The molecule has 4 nitrogen and oxygen atoms in total. The van der Waals surface area contributed by atoms with E-state index in [1.54, 1.807) is 0 Å². The minimum atomic E-state index is -0.242. The number of amides is 2. The van der Waals surface area contributed by atoms with Crippen molar-refractivity contribution in [3.63, 3.8) is 0 Å². The lowest BCUT2D eigenvalue weighted by molar-refractivity contribution is 0.161. The van der Waals surface area contributed by atoms with Gasteiger partial charge in [0.15, 0.2) is 0 Å². The van der Waals surface area contributed by atoms with Gasteiger partial charge in [0.2, 0.25) is 0 Å². The van der Waals surface area contributed by atoms with E-state index in [4.69, 9.17) is 5.73 Å². The van der Waals surface area contributed by atoms with Crippen molar-refractivity contribution in [2.75, 3.05) is 13.1 Å². The van der Waals surface area contributed by atoms with Crippen LogP contribution < -0.4 is 11.1 Å². The molecule has 3 N–H and O–H groups in total. The van der Waals surface area contributed by atoms with Crippen LogP contribution in [0, 0.1) is 5.92 Å². The molecular formula is C10H21N3O. The van der Waals surface area contributed by atoms with E-state index in [0.29, 0.717) is 12.5 Å². The Bertz CT molecular complexity index is 225. The molecule has 1 heterocycles. The Labute approximate surface area is 85.8 Å². The van der Waals surface area contributed by atoms with Crippen LogP contribution in [0.15, 0.2) is 0 Å². The third-order valence-electron chi connectivity index (χ3n) is 2.97. The second kappa shape index (κ2) is 3.77. The third kappa shape index (κ3) is 2.00. The summed E-state index contributed by atoms with van der Waals surface area (Å²) in [5.74, 6) is 0.470. The summed E-state index contributed by atoms with van der Waals surface area (Å²) in [4.78, 5) is 13.5. The summed E-state index contributed by atoms with van der Waals surface area (Å²) in [6, 6.07) is 0.271. The van der Waals surface area contributed by atoms with Gasteiger partial charge in [0.05, 0.1) is 11.6 Å².